The molecule has 4 rings (SSSR count). The number of amides is 1. The van der Waals surface area contributed by atoms with Gasteiger partial charge < -0.3 is 15.5 Å². The highest BCUT2D eigenvalue weighted by molar-refractivity contribution is 6.30. The van der Waals surface area contributed by atoms with Crippen LogP contribution in [0.2, 0.25) is 5.02 Å². The molecule has 0 spiro atoms. The SMILES string of the molecule is CN=C(NC1CCN(C(=O)C2CCCCC2)C1)NC1CC1c1cccc(Cl)c1. The van der Waals surface area contributed by atoms with Crippen LogP contribution in [0.15, 0.2) is 29.3 Å². The summed E-state index contributed by atoms with van der Waals surface area (Å²) in [6.07, 6.45) is 7.93. The smallest absolute Gasteiger partial charge is 0.225 e. The van der Waals surface area contributed by atoms with Crippen molar-refractivity contribution in [2.24, 2.45) is 10.9 Å². The van der Waals surface area contributed by atoms with Crippen LogP contribution in [0.1, 0.15) is 56.4 Å². The minimum Gasteiger partial charge on any atom is -0.353 e. The zero-order chi connectivity index (χ0) is 19.5. The molecule has 6 heteroatoms. The van der Waals surface area contributed by atoms with E-state index in [1.54, 1.807) is 0 Å². The van der Waals surface area contributed by atoms with Gasteiger partial charge in [-0.15, -0.1) is 0 Å². The van der Waals surface area contributed by atoms with Gasteiger partial charge in [-0.2, -0.15) is 0 Å². The van der Waals surface area contributed by atoms with Crippen LogP contribution in [0.25, 0.3) is 0 Å². The van der Waals surface area contributed by atoms with E-state index in [0.29, 0.717) is 17.9 Å². The summed E-state index contributed by atoms with van der Waals surface area (Å²) in [5.41, 5.74) is 1.28. The molecular weight excluding hydrogens is 372 g/mol. The third kappa shape index (κ3) is 4.62. The highest BCUT2D eigenvalue weighted by atomic mass is 35.5. The molecule has 5 nitrogen and oxygen atoms in total. The Labute approximate surface area is 172 Å². The first-order valence-electron chi connectivity index (χ1n) is 10.7. The van der Waals surface area contributed by atoms with Crippen molar-refractivity contribution < 1.29 is 4.79 Å². The third-order valence-corrected chi connectivity index (χ3v) is 6.64. The second-order valence-corrected chi connectivity index (χ2v) is 8.91. The second kappa shape index (κ2) is 8.73. The number of rotatable bonds is 4. The summed E-state index contributed by atoms with van der Waals surface area (Å²) in [6.45, 7) is 1.65. The van der Waals surface area contributed by atoms with Crippen molar-refractivity contribution in [3.63, 3.8) is 0 Å². The summed E-state index contributed by atoms with van der Waals surface area (Å²) in [6, 6.07) is 8.79. The fourth-order valence-electron chi connectivity index (χ4n) is 4.69. The van der Waals surface area contributed by atoms with E-state index in [0.717, 1.165) is 49.8 Å². The Balaban J connectivity index is 1.25. The lowest BCUT2D eigenvalue weighted by Crippen LogP contribution is -2.46. The van der Waals surface area contributed by atoms with Gasteiger partial charge >= 0.3 is 0 Å². The number of halogens is 1. The van der Waals surface area contributed by atoms with Gasteiger partial charge in [-0.05, 0) is 43.4 Å². The summed E-state index contributed by atoms with van der Waals surface area (Å²) < 4.78 is 0. The van der Waals surface area contributed by atoms with Crippen LogP contribution >= 0.6 is 11.6 Å². The minimum atomic E-state index is 0.259. The first-order valence-corrected chi connectivity index (χ1v) is 11.1. The van der Waals surface area contributed by atoms with Gasteiger partial charge in [0, 0.05) is 49.1 Å². The van der Waals surface area contributed by atoms with Gasteiger partial charge in [0.2, 0.25) is 5.91 Å². The lowest BCUT2D eigenvalue weighted by molar-refractivity contribution is -0.135. The molecule has 3 atom stereocenters. The summed E-state index contributed by atoms with van der Waals surface area (Å²) in [5, 5.41) is 7.85. The first kappa shape index (κ1) is 19.6. The van der Waals surface area contributed by atoms with Gasteiger partial charge in [-0.1, -0.05) is 43.0 Å². The molecule has 28 heavy (non-hydrogen) atoms. The van der Waals surface area contributed by atoms with E-state index in [2.05, 4.69) is 32.7 Å². The van der Waals surface area contributed by atoms with E-state index in [-0.39, 0.29) is 12.0 Å². The number of nitrogens with one attached hydrogen (secondary N) is 2. The number of carbonyl (C=O) groups is 1. The lowest BCUT2D eigenvalue weighted by Gasteiger charge is -2.26. The maximum absolute atomic E-state index is 12.8. The molecule has 1 aromatic rings. The largest absolute Gasteiger partial charge is 0.353 e. The Morgan fingerprint density at radius 1 is 1.18 bits per heavy atom. The van der Waals surface area contributed by atoms with Crippen molar-refractivity contribution in [2.45, 2.75) is 62.9 Å². The Hall–Kier alpha value is -1.75. The van der Waals surface area contributed by atoms with Crippen LogP contribution in [0, 0.1) is 5.92 Å². The molecule has 1 amide bonds. The predicted molar refractivity (Wildman–Crippen MR) is 114 cm³/mol. The maximum Gasteiger partial charge on any atom is 0.225 e. The number of guanidine groups is 1. The Kier molecular flexibility index (Phi) is 6.10. The average Bonchev–Trinajstić information content (AvgIpc) is 3.34. The first-order chi connectivity index (χ1) is 13.6. The summed E-state index contributed by atoms with van der Waals surface area (Å²) in [5.74, 6) is 1.96. The number of benzene rings is 1. The van der Waals surface area contributed by atoms with Crippen LogP contribution in [0.5, 0.6) is 0 Å². The van der Waals surface area contributed by atoms with Gasteiger partial charge in [-0.3, -0.25) is 9.79 Å². The molecule has 3 unspecified atom stereocenters. The van der Waals surface area contributed by atoms with Crippen molar-refractivity contribution >= 4 is 23.5 Å². The number of carbonyl (C=O) groups excluding carboxylic acids is 1. The highest BCUT2D eigenvalue weighted by Gasteiger charge is 2.39. The number of aliphatic imine (C=N–C) groups is 1. The molecule has 2 N–H and O–H groups in total. The molecule has 3 fully saturated rings. The molecule has 0 aromatic heterocycles. The van der Waals surface area contributed by atoms with Crippen LogP contribution < -0.4 is 10.6 Å². The zero-order valence-corrected chi connectivity index (χ0v) is 17.4. The van der Waals surface area contributed by atoms with Gasteiger partial charge in [0.1, 0.15) is 0 Å². The van der Waals surface area contributed by atoms with Crippen molar-refractivity contribution in [2.75, 3.05) is 20.1 Å². The molecular formula is C22H31ClN4O. The van der Waals surface area contributed by atoms with Crippen LogP contribution in [-0.2, 0) is 4.79 Å². The Morgan fingerprint density at radius 2 is 2.00 bits per heavy atom. The quantitative estimate of drug-likeness (QED) is 0.598. The average molecular weight is 403 g/mol. The normalized spacial score (nSPS) is 28.3. The zero-order valence-electron chi connectivity index (χ0n) is 16.7. The monoisotopic (exact) mass is 402 g/mol. The van der Waals surface area contributed by atoms with Crippen molar-refractivity contribution in [1.29, 1.82) is 0 Å². The molecule has 3 aliphatic rings. The summed E-state index contributed by atoms with van der Waals surface area (Å²) in [4.78, 5) is 19.2. The number of nitrogens with zero attached hydrogens (tertiary/aromatic N) is 2. The molecule has 1 heterocycles. The molecule has 1 aliphatic heterocycles. The summed E-state index contributed by atoms with van der Waals surface area (Å²) in [7, 11) is 1.81. The van der Waals surface area contributed by atoms with Gasteiger partial charge in [-0.25, -0.2) is 0 Å². The van der Waals surface area contributed by atoms with Gasteiger partial charge in [0.15, 0.2) is 5.96 Å². The van der Waals surface area contributed by atoms with E-state index in [4.69, 9.17) is 11.6 Å². The fourth-order valence-corrected chi connectivity index (χ4v) is 4.88. The van der Waals surface area contributed by atoms with E-state index < -0.39 is 0 Å². The second-order valence-electron chi connectivity index (χ2n) is 8.47. The van der Waals surface area contributed by atoms with Crippen molar-refractivity contribution in [3.8, 4) is 0 Å². The van der Waals surface area contributed by atoms with Gasteiger partial charge in [0.05, 0.1) is 0 Å². The number of hydrogen-bond acceptors (Lipinski definition) is 2. The fraction of sp³-hybridized carbons (Fsp3) is 0.636. The van der Waals surface area contributed by atoms with Crippen LogP contribution in [0.4, 0.5) is 0 Å². The Morgan fingerprint density at radius 3 is 2.75 bits per heavy atom. The summed E-state index contributed by atoms with van der Waals surface area (Å²) >= 11 is 6.12. The van der Waals surface area contributed by atoms with E-state index in [1.165, 1.54) is 24.8 Å². The molecule has 2 saturated carbocycles. The molecule has 1 saturated heterocycles. The predicted octanol–water partition coefficient (Wildman–Crippen LogP) is 3.54. The minimum absolute atomic E-state index is 0.259. The molecule has 0 radical (unpaired) electrons. The maximum atomic E-state index is 12.8. The molecule has 1 aromatic carbocycles. The standard InChI is InChI=1S/C22H31ClN4O/c1-24-22(26-20-13-19(20)16-8-5-9-17(23)12-16)25-18-10-11-27(14-18)21(28)15-6-3-2-4-7-15/h5,8-9,12,15,18-20H,2-4,6-7,10-11,13-14H2,1H3,(H2,24,25,26). The van der Waals surface area contributed by atoms with E-state index >= 15 is 0 Å². The van der Waals surface area contributed by atoms with E-state index in [9.17, 15) is 4.79 Å². The van der Waals surface area contributed by atoms with Crippen LogP contribution in [0.3, 0.4) is 0 Å². The van der Waals surface area contributed by atoms with E-state index in [1.807, 2.05) is 19.2 Å². The number of likely N-dealkylation sites (tertiary alicyclic amines) is 1. The number of hydrogen-bond donors (Lipinski definition) is 2. The topological polar surface area (TPSA) is 56.7 Å². The van der Waals surface area contributed by atoms with Crippen molar-refractivity contribution in [3.05, 3.63) is 34.9 Å². The third-order valence-electron chi connectivity index (χ3n) is 6.41. The lowest BCUT2D eigenvalue weighted by atomic mass is 9.88. The van der Waals surface area contributed by atoms with Crippen molar-refractivity contribution in [1.82, 2.24) is 15.5 Å². The molecule has 152 valence electrons. The Bertz CT molecular complexity index is 731. The highest BCUT2D eigenvalue weighted by Crippen LogP contribution is 2.41. The van der Waals surface area contributed by atoms with Crippen LogP contribution in [-0.4, -0.2) is 49.0 Å². The van der Waals surface area contributed by atoms with Gasteiger partial charge in [0.25, 0.3) is 0 Å². The molecule has 2 aliphatic carbocycles. The molecule has 0 bridgehead atoms.